The Morgan fingerprint density at radius 1 is 0.952 bits per heavy atom. The van der Waals surface area contributed by atoms with Gasteiger partial charge in [0.05, 0.1) is 19.6 Å². The first-order valence-corrected chi connectivity index (χ1v) is 6.09. The molecule has 0 fully saturated rings. The maximum atomic E-state index is 12.5. The van der Waals surface area contributed by atoms with Crippen LogP contribution in [0, 0.1) is 0 Å². The molecular formula is C15H12O6. The van der Waals surface area contributed by atoms with Crippen molar-refractivity contribution in [2.75, 3.05) is 14.2 Å². The zero-order valence-electron chi connectivity index (χ0n) is 11.3. The number of ether oxygens (including phenoxy) is 2. The van der Waals surface area contributed by atoms with Crippen LogP contribution in [0.15, 0.2) is 33.5 Å². The number of hydrogen-bond donors (Lipinski definition) is 2. The normalized spacial score (nSPS) is 11.0. The van der Waals surface area contributed by atoms with Gasteiger partial charge in [-0.05, 0) is 6.07 Å². The molecule has 6 heteroatoms. The van der Waals surface area contributed by atoms with E-state index in [0.29, 0.717) is 11.5 Å². The average Bonchev–Trinajstić information content (AvgIpc) is 2.45. The van der Waals surface area contributed by atoms with Gasteiger partial charge >= 0.3 is 0 Å². The third-order valence-corrected chi connectivity index (χ3v) is 3.24. The zero-order chi connectivity index (χ0) is 15.1. The largest absolute Gasteiger partial charge is 0.508 e. The summed E-state index contributed by atoms with van der Waals surface area (Å²) >= 11 is 0. The van der Waals surface area contributed by atoms with Crippen LogP contribution in [0.25, 0.3) is 21.9 Å². The Morgan fingerprint density at radius 3 is 2.29 bits per heavy atom. The summed E-state index contributed by atoms with van der Waals surface area (Å²) in [5.74, 6) is 0.269. The fourth-order valence-corrected chi connectivity index (χ4v) is 2.27. The third-order valence-electron chi connectivity index (χ3n) is 3.24. The average molecular weight is 288 g/mol. The van der Waals surface area contributed by atoms with Crippen molar-refractivity contribution in [2.45, 2.75) is 0 Å². The van der Waals surface area contributed by atoms with E-state index in [9.17, 15) is 15.0 Å². The van der Waals surface area contributed by atoms with Crippen molar-refractivity contribution in [1.82, 2.24) is 0 Å². The van der Waals surface area contributed by atoms with Gasteiger partial charge in [-0.1, -0.05) is 0 Å². The number of rotatable bonds is 2. The monoisotopic (exact) mass is 288 g/mol. The van der Waals surface area contributed by atoms with E-state index in [1.54, 1.807) is 0 Å². The van der Waals surface area contributed by atoms with Crippen molar-refractivity contribution in [3.63, 3.8) is 0 Å². The lowest BCUT2D eigenvalue weighted by molar-refractivity contribution is 0.355. The molecule has 1 heterocycles. The van der Waals surface area contributed by atoms with Crippen LogP contribution in [-0.2, 0) is 0 Å². The molecule has 6 nitrogen and oxygen atoms in total. The lowest BCUT2D eigenvalue weighted by Crippen LogP contribution is -2.03. The number of phenols is 2. The molecule has 0 radical (unpaired) electrons. The van der Waals surface area contributed by atoms with Crippen molar-refractivity contribution < 1.29 is 24.1 Å². The molecule has 0 amide bonds. The summed E-state index contributed by atoms with van der Waals surface area (Å²) in [6.45, 7) is 0. The van der Waals surface area contributed by atoms with Crippen LogP contribution in [0.3, 0.4) is 0 Å². The minimum atomic E-state index is -0.412. The highest BCUT2D eigenvalue weighted by Crippen LogP contribution is 2.34. The predicted molar refractivity (Wildman–Crippen MR) is 76.4 cm³/mol. The van der Waals surface area contributed by atoms with Gasteiger partial charge in [0.2, 0.25) is 5.43 Å². The Kier molecular flexibility index (Phi) is 2.86. The van der Waals surface area contributed by atoms with Crippen molar-refractivity contribution in [2.24, 2.45) is 0 Å². The number of hydrogen-bond acceptors (Lipinski definition) is 6. The Labute approximate surface area is 118 Å². The van der Waals surface area contributed by atoms with E-state index < -0.39 is 5.43 Å². The van der Waals surface area contributed by atoms with Gasteiger partial charge in [-0.25, -0.2) is 0 Å². The lowest BCUT2D eigenvalue weighted by Gasteiger charge is -2.09. The van der Waals surface area contributed by atoms with Gasteiger partial charge in [0.15, 0.2) is 11.5 Å². The lowest BCUT2D eigenvalue weighted by atomic mass is 10.1. The number of aromatic hydroxyl groups is 2. The van der Waals surface area contributed by atoms with E-state index in [1.807, 2.05) is 0 Å². The van der Waals surface area contributed by atoms with E-state index in [2.05, 4.69) is 0 Å². The minimum Gasteiger partial charge on any atom is -0.508 e. The summed E-state index contributed by atoms with van der Waals surface area (Å²) in [6.07, 6.45) is 0. The van der Waals surface area contributed by atoms with Gasteiger partial charge < -0.3 is 24.1 Å². The van der Waals surface area contributed by atoms with E-state index in [4.69, 9.17) is 13.9 Å². The number of methoxy groups -OCH3 is 2. The molecule has 0 aliphatic rings. The molecule has 108 valence electrons. The molecule has 0 saturated carbocycles. The van der Waals surface area contributed by atoms with Crippen molar-refractivity contribution in [1.29, 1.82) is 0 Å². The fraction of sp³-hybridized carbons (Fsp3) is 0.133. The molecule has 2 N–H and O–H groups in total. The van der Waals surface area contributed by atoms with Crippen LogP contribution in [0.2, 0.25) is 0 Å². The van der Waals surface area contributed by atoms with Gasteiger partial charge in [-0.15, -0.1) is 0 Å². The van der Waals surface area contributed by atoms with E-state index >= 15 is 0 Å². The van der Waals surface area contributed by atoms with Gasteiger partial charge in [0.25, 0.3) is 0 Å². The van der Waals surface area contributed by atoms with Crippen molar-refractivity contribution in [3.8, 4) is 23.0 Å². The highest BCUT2D eigenvalue weighted by molar-refractivity contribution is 5.94. The molecule has 0 spiro atoms. The van der Waals surface area contributed by atoms with E-state index in [-0.39, 0.29) is 33.4 Å². The maximum absolute atomic E-state index is 12.5. The summed E-state index contributed by atoms with van der Waals surface area (Å²) in [7, 11) is 2.93. The second-order valence-electron chi connectivity index (χ2n) is 4.47. The molecule has 1 aromatic heterocycles. The molecule has 0 atom stereocenters. The number of phenolic OH excluding ortho intramolecular Hbond substituents is 2. The van der Waals surface area contributed by atoms with Gasteiger partial charge in [0, 0.05) is 18.2 Å². The Hall–Kier alpha value is -2.89. The van der Waals surface area contributed by atoms with E-state index in [1.165, 1.54) is 32.4 Å². The van der Waals surface area contributed by atoms with Crippen LogP contribution in [0.1, 0.15) is 0 Å². The second-order valence-corrected chi connectivity index (χ2v) is 4.47. The van der Waals surface area contributed by atoms with Crippen LogP contribution in [0.5, 0.6) is 23.0 Å². The molecule has 3 aromatic rings. The Morgan fingerprint density at radius 2 is 1.62 bits per heavy atom. The Bertz CT molecular complexity index is 910. The Balaban J connectivity index is 2.51. The van der Waals surface area contributed by atoms with Crippen LogP contribution in [0.4, 0.5) is 0 Å². The smallest absolute Gasteiger partial charge is 0.204 e. The summed E-state index contributed by atoms with van der Waals surface area (Å²) in [6, 6.07) is 5.38. The molecule has 2 aromatic carbocycles. The number of fused-ring (bicyclic) bond motifs is 2. The van der Waals surface area contributed by atoms with Gasteiger partial charge in [0.1, 0.15) is 28.1 Å². The fourth-order valence-electron chi connectivity index (χ4n) is 2.27. The molecule has 0 aliphatic heterocycles. The highest BCUT2D eigenvalue weighted by atomic mass is 16.5. The van der Waals surface area contributed by atoms with Gasteiger partial charge in [-0.2, -0.15) is 0 Å². The zero-order valence-corrected chi connectivity index (χ0v) is 11.3. The predicted octanol–water partition coefficient (Wildman–Crippen LogP) is 2.37. The van der Waals surface area contributed by atoms with Crippen LogP contribution >= 0.6 is 0 Å². The molecule has 0 saturated heterocycles. The summed E-state index contributed by atoms with van der Waals surface area (Å²) in [5, 5.41) is 19.6. The second kappa shape index (κ2) is 4.59. The molecule has 0 bridgehead atoms. The van der Waals surface area contributed by atoms with Crippen molar-refractivity contribution >= 4 is 21.9 Å². The maximum Gasteiger partial charge on any atom is 0.204 e. The molecular weight excluding hydrogens is 276 g/mol. The van der Waals surface area contributed by atoms with Crippen molar-refractivity contribution in [3.05, 3.63) is 34.5 Å². The summed E-state index contributed by atoms with van der Waals surface area (Å²) in [4.78, 5) is 12.5. The molecule has 3 rings (SSSR count). The summed E-state index contributed by atoms with van der Waals surface area (Å²) < 4.78 is 15.9. The first kappa shape index (κ1) is 13.1. The first-order valence-electron chi connectivity index (χ1n) is 6.09. The molecule has 0 aliphatic carbocycles. The SMILES string of the molecule is COc1cc2oc3cc(O)cc(O)c3c(=O)c2cc1OC. The first-order chi connectivity index (χ1) is 10.0. The van der Waals surface area contributed by atoms with Gasteiger partial charge in [-0.3, -0.25) is 4.79 Å². The van der Waals surface area contributed by atoms with Crippen LogP contribution < -0.4 is 14.9 Å². The molecule has 0 unspecified atom stereocenters. The molecule has 21 heavy (non-hydrogen) atoms. The quantitative estimate of drug-likeness (QED) is 0.704. The number of benzene rings is 2. The third kappa shape index (κ3) is 1.92. The minimum absolute atomic E-state index is 0.00696. The highest BCUT2D eigenvalue weighted by Gasteiger charge is 2.16. The summed E-state index contributed by atoms with van der Waals surface area (Å²) in [5.41, 5.74) is -0.0444. The topological polar surface area (TPSA) is 89.1 Å². The van der Waals surface area contributed by atoms with Crippen LogP contribution in [-0.4, -0.2) is 24.4 Å². The standard InChI is InChI=1S/C15H12O6/c1-19-11-5-8-10(6-12(11)20-2)21-13-4-7(16)3-9(17)14(13)15(8)18/h3-6,16-17H,1-2H3. The van der Waals surface area contributed by atoms with E-state index in [0.717, 1.165) is 6.07 Å².